The van der Waals surface area contributed by atoms with E-state index in [1.54, 1.807) is 0 Å². The van der Waals surface area contributed by atoms with E-state index in [-0.39, 0.29) is 10.6 Å². The highest BCUT2D eigenvalue weighted by atomic mass is 32.1. The lowest BCUT2D eigenvalue weighted by Gasteiger charge is -1.95. The fourth-order valence-corrected chi connectivity index (χ4v) is 2.28. The van der Waals surface area contributed by atoms with Crippen LogP contribution >= 0.6 is 11.3 Å². The third-order valence-electron chi connectivity index (χ3n) is 2.03. The van der Waals surface area contributed by atoms with Crippen LogP contribution in [0.3, 0.4) is 0 Å². The second-order valence-electron chi connectivity index (χ2n) is 2.95. The quantitative estimate of drug-likeness (QED) is 0.763. The molecule has 0 unspecified atom stereocenters. The minimum atomic E-state index is -1.06. The average molecular weight is 222 g/mol. The number of hydrogen-bond acceptors (Lipinski definition) is 4. The highest BCUT2D eigenvalue weighted by Gasteiger charge is 2.13. The minimum Gasteiger partial charge on any atom is -0.506 e. The zero-order valence-electron chi connectivity index (χ0n) is 7.43. The van der Waals surface area contributed by atoms with Crippen LogP contribution in [0.4, 0.5) is 0 Å². The van der Waals surface area contributed by atoms with Gasteiger partial charge in [-0.25, -0.2) is 4.79 Å². The Morgan fingerprint density at radius 2 is 2.13 bits per heavy atom. The number of carboxylic acid groups (broad SMARTS) is 1. The van der Waals surface area contributed by atoms with Gasteiger partial charge < -0.3 is 10.2 Å². The third kappa shape index (κ3) is 1.46. The number of phenols is 1. The van der Waals surface area contributed by atoms with Crippen LogP contribution in [0.15, 0.2) is 18.2 Å². The first-order chi connectivity index (χ1) is 7.13. The van der Waals surface area contributed by atoms with Gasteiger partial charge in [-0.15, -0.1) is 11.3 Å². The second-order valence-corrected chi connectivity index (χ2v) is 4.00. The first-order valence-corrected chi connectivity index (χ1v) is 4.89. The van der Waals surface area contributed by atoms with Crippen LogP contribution in [-0.2, 0) is 0 Å². The number of carbonyl (C=O) groups excluding carboxylic acids is 1. The van der Waals surface area contributed by atoms with E-state index in [1.807, 2.05) is 0 Å². The normalized spacial score (nSPS) is 10.4. The Balaban J connectivity index is 2.83. The molecule has 0 radical (unpaired) electrons. The number of benzene rings is 1. The molecular formula is C10H6O4S. The molecule has 1 aromatic heterocycles. The van der Waals surface area contributed by atoms with Gasteiger partial charge in [0.1, 0.15) is 10.6 Å². The van der Waals surface area contributed by atoms with Crippen LogP contribution in [-0.4, -0.2) is 22.5 Å². The van der Waals surface area contributed by atoms with Crippen LogP contribution in [0.25, 0.3) is 10.1 Å². The molecule has 0 spiro atoms. The summed E-state index contributed by atoms with van der Waals surface area (Å²) in [4.78, 5) is 21.5. The lowest BCUT2D eigenvalue weighted by atomic mass is 10.1. The van der Waals surface area contributed by atoms with Crippen molar-refractivity contribution in [2.45, 2.75) is 0 Å². The van der Waals surface area contributed by atoms with Crippen molar-refractivity contribution in [3.8, 4) is 5.75 Å². The smallest absolute Gasteiger partial charge is 0.345 e. The van der Waals surface area contributed by atoms with Gasteiger partial charge in [-0.05, 0) is 18.2 Å². The molecule has 15 heavy (non-hydrogen) atoms. The summed E-state index contributed by atoms with van der Waals surface area (Å²) in [6.07, 6.45) is 0.639. The number of fused-ring (bicyclic) bond motifs is 1. The fourth-order valence-electron chi connectivity index (χ4n) is 1.34. The van der Waals surface area contributed by atoms with Crippen molar-refractivity contribution < 1.29 is 19.8 Å². The molecule has 2 aromatic rings. The maximum Gasteiger partial charge on any atom is 0.345 e. The number of aldehydes is 1. The molecule has 4 nitrogen and oxygen atoms in total. The maximum absolute atomic E-state index is 10.7. The molecule has 2 rings (SSSR count). The number of carboxylic acids is 1. The number of aromatic hydroxyl groups is 1. The maximum atomic E-state index is 10.7. The predicted molar refractivity (Wildman–Crippen MR) is 55.8 cm³/mol. The first-order valence-electron chi connectivity index (χ1n) is 4.07. The van der Waals surface area contributed by atoms with Gasteiger partial charge in [0.05, 0.1) is 4.70 Å². The summed E-state index contributed by atoms with van der Waals surface area (Å²) < 4.78 is 0.428. The van der Waals surface area contributed by atoms with Gasteiger partial charge in [-0.3, -0.25) is 4.79 Å². The molecule has 2 N–H and O–H groups in total. The summed E-state index contributed by atoms with van der Waals surface area (Å²) in [7, 11) is 0. The van der Waals surface area contributed by atoms with E-state index in [0.29, 0.717) is 21.9 Å². The van der Waals surface area contributed by atoms with Crippen molar-refractivity contribution in [3.05, 3.63) is 28.6 Å². The van der Waals surface area contributed by atoms with Crippen molar-refractivity contribution in [2.24, 2.45) is 0 Å². The van der Waals surface area contributed by atoms with Crippen molar-refractivity contribution >= 4 is 33.7 Å². The average Bonchev–Trinajstić information content (AvgIpc) is 2.64. The fraction of sp³-hybridized carbons (Fsp3) is 0. The number of rotatable bonds is 2. The molecule has 1 aromatic carbocycles. The molecule has 76 valence electrons. The molecule has 0 bridgehead atoms. The van der Waals surface area contributed by atoms with Gasteiger partial charge in [0.2, 0.25) is 0 Å². The number of hydrogen-bond donors (Lipinski definition) is 2. The molecule has 0 saturated carbocycles. The zero-order valence-corrected chi connectivity index (χ0v) is 8.25. The minimum absolute atomic E-state index is 0.00639. The summed E-state index contributed by atoms with van der Waals surface area (Å²) in [5.41, 5.74) is 0.381. The van der Waals surface area contributed by atoms with Crippen LogP contribution in [0.1, 0.15) is 20.0 Å². The monoisotopic (exact) mass is 222 g/mol. The van der Waals surface area contributed by atoms with Gasteiger partial charge in [-0.2, -0.15) is 0 Å². The van der Waals surface area contributed by atoms with Crippen LogP contribution in [0, 0.1) is 0 Å². The molecule has 0 saturated heterocycles. The molecule has 1 heterocycles. The largest absolute Gasteiger partial charge is 0.506 e. The Labute approximate surface area is 88.4 Å². The highest BCUT2D eigenvalue weighted by molar-refractivity contribution is 7.21. The molecule has 0 amide bonds. The third-order valence-corrected chi connectivity index (χ3v) is 3.18. The Bertz CT molecular complexity index is 556. The van der Waals surface area contributed by atoms with Crippen molar-refractivity contribution in [1.29, 1.82) is 0 Å². The van der Waals surface area contributed by atoms with Gasteiger partial charge in [0.25, 0.3) is 0 Å². The van der Waals surface area contributed by atoms with E-state index < -0.39 is 5.97 Å². The highest BCUT2D eigenvalue weighted by Crippen LogP contribution is 2.34. The number of aromatic carboxylic acids is 1. The van der Waals surface area contributed by atoms with Crippen LogP contribution in [0.2, 0.25) is 0 Å². The lowest BCUT2D eigenvalue weighted by Crippen LogP contribution is -1.89. The van der Waals surface area contributed by atoms with Crippen LogP contribution in [0.5, 0.6) is 5.75 Å². The van der Waals surface area contributed by atoms with Gasteiger partial charge in [0, 0.05) is 10.9 Å². The summed E-state index contributed by atoms with van der Waals surface area (Å²) in [5.74, 6) is -1.07. The topological polar surface area (TPSA) is 74.6 Å². The molecule has 0 aliphatic rings. The number of carbonyl (C=O) groups is 2. The number of phenolic OH excluding ortho intramolecular Hbond substituents is 1. The molecule has 0 atom stereocenters. The second kappa shape index (κ2) is 3.36. The number of thiophene rings is 1. The summed E-state index contributed by atoms with van der Waals surface area (Å²) in [5, 5.41) is 18.7. The van der Waals surface area contributed by atoms with Crippen molar-refractivity contribution in [2.75, 3.05) is 0 Å². The van der Waals surface area contributed by atoms with E-state index in [4.69, 9.17) is 5.11 Å². The molecular weight excluding hydrogens is 216 g/mol. The summed E-state index contributed by atoms with van der Waals surface area (Å²) in [6.45, 7) is 0. The molecule has 5 heteroatoms. The molecule has 0 aliphatic carbocycles. The van der Waals surface area contributed by atoms with Crippen LogP contribution < -0.4 is 0 Å². The summed E-state index contributed by atoms with van der Waals surface area (Å²) in [6, 6.07) is 4.24. The van der Waals surface area contributed by atoms with E-state index in [2.05, 4.69) is 0 Å². The standard InChI is InChI=1S/C10H6O4S/c11-4-5-1-2-7(12)9-6(5)3-8(15-9)10(13)14/h1-4,12H,(H,13,14). The first kappa shape index (κ1) is 9.67. The summed E-state index contributed by atoms with van der Waals surface area (Å²) >= 11 is 0.953. The Morgan fingerprint density at radius 3 is 2.73 bits per heavy atom. The Hall–Kier alpha value is -1.88. The van der Waals surface area contributed by atoms with E-state index in [1.165, 1.54) is 18.2 Å². The van der Waals surface area contributed by atoms with Gasteiger partial charge >= 0.3 is 5.97 Å². The van der Waals surface area contributed by atoms with Crippen molar-refractivity contribution in [3.63, 3.8) is 0 Å². The van der Waals surface area contributed by atoms with E-state index >= 15 is 0 Å². The Morgan fingerprint density at radius 1 is 1.40 bits per heavy atom. The molecule has 0 aliphatic heterocycles. The SMILES string of the molecule is O=Cc1ccc(O)c2sc(C(=O)O)cc12. The van der Waals surface area contributed by atoms with E-state index in [9.17, 15) is 14.7 Å². The van der Waals surface area contributed by atoms with Crippen molar-refractivity contribution in [1.82, 2.24) is 0 Å². The predicted octanol–water partition coefficient (Wildman–Crippen LogP) is 2.12. The van der Waals surface area contributed by atoms with Gasteiger partial charge in [0.15, 0.2) is 6.29 Å². The Kier molecular flexibility index (Phi) is 2.17. The van der Waals surface area contributed by atoms with E-state index in [0.717, 1.165) is 11.3 Å². The molecule has 0 fully saturated rings. The lowest BCUT2D eigenvalue weighted by molar-refractivity contribution is 0.0702. The van der Waals surface area contributed by atoms with Gasteiger partial charge in [-0.1, -0.05) is 0 Å². The zero-order chi connectivity index (χ0) is 11.0.